The minimum atomic E-state index is -5.69. The van der Waals surface area contributed by atoms with Gasteiger partial charge in [-0.3, -0.25) is 23.4 Å². The summed E-state index contributed by atoms with van der Waals surface area (Å²) in [6.07, 6.45) is 7.40. The number of phosphoric acid groups is 1. The van der Waals surface area contributed by atoms with Gasteiger partial charge in [0.1, 0.15) is 98.7 Å². The molecule has 546 valence electrons. The summed E-state index contributed by atoms with van der Waals surface area (Å²) in [4.78, 5) is 50.8. The summed E-state index contributed by atoms with van der Waals surface area (Å²) < 4.78 is 64.8. The topological polar surface area (TPSA) is 374 Å². The van der Waals surface area contributed by atoms with Crippen molar-refractivity contribution in [1.82, 2.24) is 0 Å². The predicted octanol–water partition coefficient (Wildman–Crippen LogP) is 8.79. The van der Waals surface area contributed by atoms with Gasteiger partial charge in [0.15, 0.2) is 18.7 Å². The van der Waals surface area contributed by atoms with E-state index in [9.17, 15) is 74.9 Å². The Labute approximate surface area is 554 Å². The molecule has 18 unspecified atom stereocenters. The van der Waals surface area contributed by atoms with Crippen molar-refractivity contribution in [2.45, 2.75) is 375 Å². The number of hydrogen-bond acceptors (Lipinski definition) is 23. The summed E-state index contributed by atoms with van der Waals surface area (Å²) in [5, 5.41) is 110. The molecule has 3 fully saturated rings. The van der Waals surface area contributed by atoms with E-state index in [0.717, 1.165) is 89.9 Å². The zero-order valence-electron chi connectivity index (χ0n) is 56.5. The first kappa shape index (κ1) is 84.9. The Hall–Kier alpha value is -2.30. The lowest BCUT2D eigenvalue weighted by molar-refractivity contribution is -0.360. The second kappa shape index (κ2) is 50.9. The van der Waals surface area contributed by atoms with Crippen LogP contribution in [0.4, 0.5) is 0 Å². The standard InChI is InChI=1S/C68H125O24P/c1-4-7-10-13-16-19-22-24-26-28-31-33-36-39-42-52(70)84-46-49(87-54(72)44-41-38-35-32-29-25-23-20-17-14-11-8-5-2)47-86-93(82,83)92-66-64(90-67-62(80)57(75)55(73)50(45-69)88-67)60(78)59(77)61(79)65(66)91-68-63(81)58(76)56(74)51(89-68)48-85-53(71)43-40-37-34-30-27-21-18-15-12-9-6-3/h25,29,49-51,55-69,73-81H,4-24,26-28,30-48H2,1-3H3,(H,82,83)/b29-25-. The van der Waals surface area contributed by atoms with Crippen molar-refractivity contribution in [1.29, 1.82) is 0 Å². The quantitative estimate of drug-likeness (QED) is 0.00890. The number of carbonyl (C=O) groups excluding carboxylic acids is 3. The molecule has 25 heteroatoms. The molecule has 0 aromatic heterocycles. The van der Waals surface area contributed by atoms with Crippen molar-refractivity contribution >= 4 is 25.7 Å². The smallest absolute Gasteiger partial charge is 0.463 e. The van der Waals surface area contributed by atoms with Gasteiger partial charge in [-0.2, -0.15) is 0 Å². The molecule has 2 aliphatic heterocycles. The Morgan fingerprint density at radius 1 is 0.409 bits per heavy atom. The Morgan fingerprint density at radius 2 is 0.753 bits per heavy atom. The number of ether oxygens (including phenoxy) is 7. The summed E-state index contributed by atoms with van der Waals surface area (Å²) in [6, 6.07) is 0. The largest absolute Gasteiger partial charge is 0.472 e. The third-order valence-electron chi connectivity index (χ3n) is 17.8. The predicted molar refractivity (Wildman–Crippen MR) is 347 cm³/mol. The molecule has 2 heterocycles. The molecule has 1 aliphatic carbocycles. The lowest BCUT2D eigenvalue weighted by atomic mass is 9.84. The molecular weight excluding hydrogens is 1230 g/mol. The number of hydrogen-bond donors (Lipinski definition) is 11. The van der Waals surface area contributed by atoms with Gasteiger partial charge in [-0.15, -0.1) is 0 Å². The van der Waals surface area contributed by atoms with Crippen molar-refractivity contribution < 1.29 is 117 Å². The first-order chi connectivity index (χ1) is 44.8. The summed E-state index contributed by atoms with van der Waals surface area (Å²) in [5.74, 6) is -2.00. The second-order valence-electron chi connectivity index (χ2n) is 26.0. The first-order valence-electron chi connectivity index (χ1n) is 36.0. The van der Waals surface area contributed by atoms with E-state index in [0.29, 0.717) is 25.7 Å². The maximum absolute atomic E-state index is 14.3. The van der Waals surface area contributed by atoms with Gasteiger partial charge in [-0.05, 0) is 44.9 Å². The van der Waals surface area contributed by atoms with Crippen LogP contribution in [0, 0.1) is 0 Å². The minimum absolute atomic E-state index is 0.0309. The molecule has 0 bridgehead atoms. The van der Waals surface area contributed by atoms with Gasteiger partial charge in [0.2, 0.25) is 0 Å². The SMILES string of the molecule is CCCCCCCC/C=C\CCCCCC(=O)OC(COC(=O)CCCCCCCCCCCCCCCC)COP(=O)(O)OC1C(OC2OC(CO)C(O)C(O)C2O)C(O)C(O)C(O)C1OC1OC(COC(=O)CCCCCCCCCCCCC)C(O)C(O)C1O. The van der Waals surface area contributed by atoms with Crippen molar-refractivity contribution in [3.8, 4) is 0 Å². The van der Waals surface area contributed by atoms with Crippen molar-refractivity contribution in [2.75, 3.05) is 26.4 Å². The maximum Gasteiger partial charge on any atom is 0.472 e. The molecule has 3 rings (SSSR count). The average molecular weight is 1360 g/mol. The summed E-state index contributed by atoms with van der Waals surface area (Å²) >= 11 is 0. The molecule has 0 aromatic carbocycles. The summed E-state index contributed by atoms with van der Waals surface area (Å²) in [7, 11) is -5.69. The van der Waals surface area contributed by atoms with E-state index in [1.165, 1.54) is 116 Å². The van der Waals surface area contributed by atoms with Gasteiger partial charge in [-0.25, -0.2) is 4.57 Å². The second-order valence-corrected chi connectivity index (χ2v) is 27.4. The zero-order chi connectivity index (χ0) is 68.2. The molecule has 0 spiro atoms. The normalized spacial score (nSPS) is 28.5. The van der Waals surface area contributed by atoms with Gasteiger partial charge < -0.3 is 89.1 Å². The average Bonchev–Trinajstić information content (AvgIpc) is 0.770. The molecule has 2 saturated heterocycles. The number of esters is 3. The number of phosphoric ester groups is 1. The Bertz CT molecular complexity index is 1990. The first-order valence-corrected chi connectivity index (χ1v) is 37.5. The van der Waals surface area contributed by atoms with Gasteiger partial charge in [0, 0.05) is 19.3 Å². The molecule has 24 nitrogen and oxygen atoms in total. The number of allylic oxidation sites excluding steroid dienone is 2. The van der Waals surface area contributed by atoms with E-state index < -0.39 is 156 Å². The van der Waals surface area contributed by atoms with Crippen molar-refractivity contribution in [2.24, 2.45) is 0 Å². The summed E-state index contributed by atoms with van der Waals surface area (Å²) in [6.45, 7) is 3.39. The van der Waals surface area contributed by atoms with Crippen LogP contribution in [0.2, 0.25) is 0 Å². The van der Waals surface area contributed by atoms with Crippen LogP contribution >= 0.6 is 7.82 Å². The van der Waals surface area contributed by atoms with Crippen LogP contribution in [0.5, 0.6) is 0 Å². The van der Waals surface area contributed by atoms with Gasteiger partial charge in [0.05, 0.1) is 13.2 Å². The van der Waals surface area contributed by atoms with Crippen molar-refractivity contribution in [3.63, 3.8) is 0 Å². The molecule has 1 saturated carbocycles. The van der Waals surface area contributed by atoms with E-state index in [4.69, 9.17) is 42.2 Å². The highest BCUT2D eigenvalue weighted by molar-refractivity contribution is 7.47. The molecular formula is C68H125O24P. The van der Waals surface area contributed by atoms with Gasteiger partial charge in [0.25, 0.3) is 0 Å². The van der Waals surface area contributed by atoms with Gasteiger partial charge in [-0.1, -0.05) is 219 Å². The number of rotatable bonds is 55. The minimum Gasteiger partial charge on any atom is -0.463 e. The Kier molecular flexibility index (Phi) is 46.5. The lowest BCUT2D eigenvalue weighted by Gasteiger charge is -2.49. The number of aliphatic hydroxyl groups excluding tert-OH is 10. The third-order valence-corrected chi connectivity index (χ3v) is 18.8. The molecule has 18 atom stereocenters. The van der Waals surface area contributed by atoms with Crippen LogP contribution in [0.15, 0.2) is 12.2 Å². The van der Waals surface area contributed by atoms with E-state index in [-0.39, 0.29) is 19.3 Å². The van der Waals surface area contributed by atoms with E-state index in [1.54, 1.807) is 0 Å². The number of unbranched alkanes of at least 4 members (excludes halogenated alkanes) is 32. The monoisotopic (exact) mass is 1360 g/mol. The van der Waals surface area contributed by atoms with E-state index >= 15 is 0 Å². The third kappa shape index (κ3) is 34.9. The lowest BCUT2D eigenvalue weighted by Crippen LogP contribution is -2.69. The van der Waals surface area contributed by atoms with Crippen LogP contribution in [0.3, 0.4) is 0 Å². The molecule has 0 radical (unpaired) electrons. The maximum atomic E-state index is 14.3. The van der Waals surface area contributed by atoms with Crippen LogP contribution in [-0.4, -0.2) is 204 Å². The summed E-state index contributed by atoms with van der Waals surface area (Å²) in [5.41, 5.74) is 0. The Balaban J connectivity index is 1.76. The number of carbonyl (C=O) groups is 3. The molecule has 11 N–H and O–H groups in total. The fraction of sp³-hybridized carbons (Fsp3) is 0.926. The van der Waals surface area contributed by atoms with Crippen LogP contribution in [0.1, 0.15) is 271 Å². The van der Waals surface area contributed by atoms with Gasteiger partial charge >= 0.3 is 25.7 Å². The molecule has 0 aromatic rings. The highest BCUT2D eigenvalue weighted by atomic mass is 31.2. The highest BCUT2D eigenvalue weighted by Gasteiger charge is 2.58. The van der Waals surface area contributed by atoms with Crippen LogP contribution in [-0.2, 0) is 61.2 Å². The number of aliphatic hydroxyl groups is 10. The van der Waals surface area contributed by atoms with Crippen molar-refractivity contribution in [3.05, 3.63) is 12.2 Å². The fourth-order valence-electron chi connectivity index (χ4n) is 11.9. The highest BCUT2D eigenvalue weighted by Crippen LogP contribution is 2.49. The Morgan fingerprint density at radius 3 is 1.17 bits per heavy atom. The van der Waals surface area contributed by atoms with E-state index in [2.05, 4.69) is 32.9 Å². The molecule has 3 aliphatic rings. The van der Waals surface area contributed by atoms with E-state index in [1.807, 2.05) is 0 Å². The van der Waals surface area contributed by atoms with Crippen LogP contribution < -0.4 is 0 Å². The molecule has 93 heavy (non-hydrogen) atoms. The molecule has 0 amide bonds. The zero-order valence-corrected chi connectivity index (χ0v) is 57.4. The fourth-order valence-corrected chi connectivity index (χ4v) is 12.8. The van der Waals surface area contributed by atoms with Crippen LogP contribution in [0.25, 0.3) is 0 Å².